The van der Waals surface area contributed by atoms with Gasteiger partial charge in [0, 0.05) is 36.2 Å². The van der Waals surface area contributed by atoms with Crippen LogP contribution in [0.3, 0.4) is 0 Å². The number of nitrogens with zero attached hydrogens (tertiary/aromatic N) is 5. The summed E-state index contributed by atoms with van der Waals surface area (Å²) >= 11 is 0. The Balaban J connectivity index is 1.34. The van der Waals surface area contributed by atoms with E-state index >= 15 is 0 Å². The molecule has 9 heteroatoms. The van der Waals surface area contributed by atoms with Gasteiger partial charge in [-0.25, -0.2) is 14.3 Å². The number of amides is 1. The average molecular weight is 525 g/mol. The molecular weight excluding hydrogens is 492 g/mol. The number of rotatable bonds is 4. The maximum atomic E-state index is 14.0. The van der Waals surface area contributed by atoms with Gasteiger partial charge < -0.3 is 14.6 Å². The minimum absolute atomic E-state index is 0.0275. The van der Waals surface area contributed by atoms with E-state index in [0.717, 1.165) is 28.0 Å². The number of aromatic amines is 1. The highest BCUT2D eigenvalue weighted by atomic mass is 16.5. The van der Waals surface area contributed by atoms with E-state index in [9.17, 15) is 9.59 Å². The Kier molecular flexibility index (Phi) is 6.01. The molecule has 5 aromatic rings. The molecule has 1 aliphatic heterocycles. The first kappa shape index (κ1) is 24.9. The predicted molar refractivity (Wildman–Crippen MR) is 150 cm³/mol. The molecule has 0 bridgehead atoms. The van der Waals surface area contributed by atoms with Crippen molar-refractivity contribution in [2.75, 3.05) is 20.2 Å². The summed E-state index contributed by atoms with van der Waals surface area (Å²) in [4.78, 5) is 36.4. The molecule has 0 atom stereocenters. The number of likely N-dealkylation sites (tertiary alicyclic amines) is 1. The first-order valence-electron chi connectivity index (χ1n) is 13.3. The van der Waals surface area contributed by atoms with E-state index in [1.54, 1.807) is 11.6 Å². The van der Waals surface area contributed by atoms with Crippen molar-refractivity contribution in [2.24, 2.45) is 0 Å². The van der Waals surface area contributed by atoms with Crippen LogP contribution in [0.25, 0.3) is 27.9 Å². The van der Waals surface area contributed by atoms with Crippen molar-refractivity contribution in [1.29, 1.82) is 0 Å². The molecule has 1 saturated heterocycles. The van der Waals surface area contributed by atoms with Gasteiger partial charge in [-0.2, -0.15) is 5.10 Å². The van der Waals surface area contributed by atoms with Crippen molar-refractivity contribution >= 4 is 22.6 Å². The summed E-state index contributed by atoms with van der Waals surface area (Å²) in [5.74, 6) is 0.625. The highest BCUT2D eigenvalue weighted by Gasteiger charge is 2.29. The molecule has 2 aromatic carbocycles. The third-order valence-electron chi connectivity index (χ3n) is 7.52. The zero-order valence-electron chi connectivity index (χ0n) is 22.6. The van der Waals surface area contributed by atoms with Gasteiger partial charge in [0.05, 0.1) is 29.5 Å². The quantitative estimate of drug-likeness (QED) is 0.363. The van der Waals surface area contributed by atoms with E-state index in [4.69, 9.17) is 14.8 Å². The van der Waals surface area contributed by atoms with Gasteiger partial charge in [0.15, 0.2) is 5.65 Å². The van der Waals surface area contributed by atoms with E-state index < -0.39 is 0 Å². The van der Waals surface area contributed by atoms with Gasteiger partial charge in [-0.3, -0.25) is 9.36 Å². The molecule has 9 nitrogen and oxygen atoms in total. The lowest BCUT2D eigenvalue weighted by Crippen LogP contribution is -2.41. The first-order valence-corrected chi connectivity index (χ1v) is 13.3. The van der Waals surface area contributed by atoms with E-state index in [1.807, 2.05) is 70.1 Å². The molecule has 39 heavy (non-hydrogen) atoms. The Hall–Kier alpha value is -4.40. The van der Waals surface area contributed by atoms with Gasteiger partial charge in [-0.05, 0) is 43.2 Å². The number of carbonyl (C=O) groups is 1. The number of benzene rings is 2. The maximum Gasteiger partial charge on any atom is 0.326 e. The molecule has 3 aromatic heterocycles. The van der Waals surface area contributed by atoms with E-state index in [1.165, 1.54) is 0 Å². The summed E-state index contributed by atoms with van der Waals surface area (Å²) in [7, 11) is 1.63. The Morgan fingerprint density at radius 1 is 1.03 bits per heavy atom. The molecule has 0 unspecified atom stereocenters. The van der Waals surface area contributed by atoms with E-state index in [0.29, 0.717) is 43.0 Å². The van der Waals surface area contributed by atoms with E-state index in [-0.39, 0.29) is 23.1 Å². The second-order valence-electron chi connectivity index (χ2n) is 11.1. The number of hydrogen-bond acceptors (Lipinski definition) is 5. The zero-order valence-corrected chi connectivity index (χ0v) is 22.6. The SMILES string of the molecule is COc1cccc(-c2cc(C(=O)N3CCC(n4c(=O)[nH]c5ccccc54)CC3)n3nc(C(C)(C)C)cc3n2)c1. The maximum absolute atomic E-state index is 14.0. The second kappa shape index (κ2) is 9.41. The summed E-state index contributed by atoms with van der Waals surface area (Å²) in [5.41, 5.74) is 4.94. The largest absolute Gasteiger partial charge is 0.497 e. The zero-order chi connectivity index (χ0) is 27.3. The fourth-order valence-corrected chi connectivity index (χ4v) is 5.35. The lowest BCUT2D eigenvalue weighted by atomic mass is 9.93. The Bertz CT molecular complexity index is 1750. The predicted octanol–water partition coefficient (Wildman–Crippen LogP) is 4.82. The van der Waals surface area contributed by atoms with Crippen molar-refractivity contribution in [3.05, 3.63) is 82.5 Å². The number of para-hydroxylation sites is 2. The summed E-state index contributed by atoms with van der Waals surface area (Å²) in [6.45, 7) is 7.37. The minimum atomic E-state index is -0.199. The smallest absolute Gasteiger partial charge is 0.326 e. The van der Waals surface area contributed by atoms with Crippen LogP contribution in [-0.4, -0.2) is 55.2 Å². The first-order chi connectivity index (χ1) is 18.7. The summed E-state index contributed by atoms with van der Waals surface area (Å²) in [6, 6.07) is 19.2. The number of hydrogen-bond donors (Lipinski definition) is 1. The fourth-order valence-electron chi connectivity index (χ4n) is 5.35. The van der Waals surface area contributed by atoms with Crippen molar-refractivity contribution in [2.45, 2.75) is 45.1 Å². The number of imidazole rings is 1. The van der Waals surface area contributed by atoms with Crippen LogP contribution in [0.2, 0.25) is 0 Å². The molecule has 0 radical (unpaired) electrons. The van der Waals surface area contributed by atoms with Crippen molar-refractivity contribution in [3.63, 3.8) is 0 Å². The number of aromatic nitrogens is 5. The van der Waals surface area contributed by atoms with Crippen LogP contribution in [0.5, 0.6) is 5.75 Å². The lowest BCUT2D eigenvalue weighted by molar-refractivity contribution is 0.0686. The molecular formula is C30H32N6O3. The van der Waals surface area contributed by atoms with Crippen molar-refractivity contribution in [1.82, 2.24) is 29.0 Å². The molecule has 6 rings (SSSR count). The molecule has 1 N–H and O–H groups in total. The monoisotopic (exact) mass is 524 g/mol. The van der Waals surface area contributed by atoms with Crippen LogP contribution in [0.1, 0.15) is 55.8 Å². The van der Waals surface area contributed by atoms with Crippen LogP contribution in [0.4, 0.5) is 0 Å². The Labute approximate surface area is 226 Å². The highest BCUT2D eigenvalue weighted by molar-refractivity contribution is 5.94. The molecule has 1 amide bonds. The molecule has 0 saturated carbocycles. The number of fused-ring (bicyclic) bond motifs is 2. The van der Waals surface area contributed by atoms with Gasteiger partial charge in [-0.1, -0.05) is 45.0 Å². The Morgan fingerprint density at radius 2 is 1.79 bits per heavy atom. The summed E-state index contributed by atoms with van der Waals surface area (Å²) in [6.07, 6.45) is 1.38. The topological polar surface area (TPSA) is 97.5 Å². The summed E-state index contributed by atoms with van der Waals surface area (Å²) < 4.78 is 8.92. The van der Waals surface area contributed by atoms with Crippen LogP contribution in [0.15, 0.2) is 65.5 Å². The molecule has 1 fully saturated rings. The third-order valence-corrected chi connectivity index (χ3v) is 7.52. The molecule has 4 heterocycles. The second-order valence-corrected chi connectivity index (χ2v) is 11.1. The van der Waals surface area contributed by atoms with Crippen molar-refractivity contribution < 1.29 is 9.53 Å². The summed E-state index contributed by atoms with van der Waals surface area (Å²) in [5, 5.41) is 4.80. The number of nitrogens with one attached hydrogen (secondary N) is 1. The van der Waals surface area contributed by atoms with Crippen LogP contribution >= 0.6 is 0 Å². The van der Waals surface area contributed by atoms with E-state index in [2.05, 4.69) is 25.8 Å². The minimum Gasteiger partial charge on any atom is -0.497 e. The van der Waals surface area contributed by atoms with Gasteiger partial charge in [-0.15, -0.1) is 0 Å². The molecule has 0 aliphatic carbocycles. The number of piperidine rings is 1. The number of H-pyrrole nitrogens is 1. The van der Waals surface area contributed by atoms with Crippen LogP contribution in [0, 0.1) is 0 Å². The third kappa shape index (κ3) is 4.47. The van der Waals surface area contributed by atoms with Crippen molar-refractivity contribution in [3.8, 4) is 17.0 Å². The fraction of sp³-hybridized carbons (Fsp3) is 0.333. The highest BCUT2D eigenvalue weighted by Crippen LogP contribution is 2.29. The molecule has 1 aliphatic rings. The number of carbonyl (C=O) groups excluding carboxylic acids is 1. The Morgan fingerprint density at radius 3 is 2.54 bits per heavy atom. The average Bonchev–Trinajstić information content (AvgIpc) is 3.53. The van der Waals surface area contributed by atoms with Gasteiger partial charge >= 0.3 is 5.69 Å². The molecule has 0 spiro atoms. The normalized spacial score (nSPS) is 14.8. The number of methoxy groups -OCH3 is 1. The standard InChI is InChI=1S/C30H32N6O3/c1-30(2,3)26-18-27-31-23(19-8-7-9-21(16-19)39-4)17-25(36(27)33-26)28(37)34-14-12-20(13-15-34)35-24-11-6-5-10-22(24)32-29(35)38/h5-11,16-18,20H,12-15H2,1-4H3,(H,32,38). The van der Waals surface area contributed by atoms with Gasteiger partial charge in [0.2, 0.25) is 0 Å². The number of ether oxygens (including phenoxy) is 1. The lowest BCUT2D eigenvalue weighted by Gasteiger charge is -2.32. The van der Waals surface area contributed by atoms with Gasteiger partial charge in [0.25, 0.3) is 5.91 Å². The van der Waals surface area contributed by atoms with Crippen LogP contribution < -0.4 is 10.4 Å². The van der Waals surface area contributed by atoms with Crippen LogP contribution in [-0.2, 0) is 5.41 Å². The molecule has 200 valence electrons. The van der Waals surface area contributed by atoms with Gasteiger partial charge in [0.1, 0.15) is 11.4 Å².